The van der Waals surface area contributed by atoms with Gasteiger partial charge >= 0.3 is 0 Å². The molecule has 1 aromatic rings. The van der Waals surface area contributed by atoms with E-state index in [0.29, 0.717) is 18.0 Å². The summed E-state index contributed by atoms with van der Waals surface area (Å²) in [5, 5.41) is 0. The third kappa shape index (κ3) is 4.87. The van der Waals surface area contributed by atoms with Crippen molar-refractivity contribution in [2.45, 2.75) is 18.2 Å². The van der Waals surface area contributed by atoms with Gasteiger partial charge in [-0.05, 0) is 45.6 Å². The number of benzene rings is 1. The Morgan fingerprint density at radius 2 is 1.76 bits per heavy atom. The van der Waals surface area contributed by atoms with Crippen molar-refractivity contribution in [3.05, 3.63) is 17.7 Å². The molecule has 1 N–H and O–H groups in total. The van der Waals surface area contributed by atoms with Crippen LogP contribution in [0, 0.1) is 6.92 Å². The minimum Gasteiger partial charge on any atom is -0.496 e. The minimum absolute atomic E-state index is 0.0947. The lowest BCUT2D eigenvalue weighted by atomic mass is 10.2. The first-order valence-electron chi connectivity index (χ1n) is 6.69. The number of methoxy groups -OCH3 is 2. The summed E-state index contributed by atoms with van der Waals surface area (Å²) in [6.45, 7) is 3.03. The fraction of sp³-hybridized carbons (Fsp3) is 0.571. The van der Waals surface area contributed by atoms with Crippen LogP contribution in [0.15, 0.2) is 17.0 Å². The van der Waals surface area contributed by atoms with Gasteiger partial charge in [-0.3, -0.25) is 0 Å². The Morgan fingerprint density at radius 3 is 2.29 bits per heavy atom. The fourth-order valence-corrected chi connectivity index (χ4v) is 3.15. The van der Waals surface area contributed by atoms with Crippen LogP contribution >= 0.6 is 0 Å². The van der Waals surface area contributed by atoms with E-state index < -0.39 is 10.0 Å². The van der Waals surface area contributed by atoms with Crippen LogP contribution in [-0.4, -0.2) is 54.7 Å². The van der Waals surface area contributed by atoms with Crippen molar-refractivity contribution in [1.29, 1.82) is 0 Å². The Hall–Kier alpha value is -1.31. The van der Waals surface area contributed by atoms with E-state index in [2.05, 4.69) is 4.72 Å². The molecule has 0 aliphatic heterocycles. The van der Waals surface area contributed by atoms with Crippen molar-refractivity contribution in [1.82, 2.24) is 9.62 Å². The molecule has 1 aromatic carbocycles. The molecule has 1 rings (SSSR count). The molecule has 0 spiro atoms. The maximum Gasteiger partial charge on any atom is 0.244 e. The number of rotatable bonds is 8. The Labute approximate surface area is 127 Å². The topological polar surface area (TPSA) is 67.9 Å². The Bertz CT molecular complexity index is 571. The first-order chi connectivity index (χ1) is 9.81. The van der Waals surface area contributed by atoms with E-state index in [1.807, 2.05) is 25.9 Å². The molecule has 0 bridgehead atoms. The lowest BCUT2D eigenvalue weighted by Gasteiger charge is -2.14. The van der Waals surface area contributed by atoms with Crippen LogP contribution in [0.4, 0.5) is 0 Å². The molecule has 0 heterocycles. The van der Waals surface area contributed by atoms with Crippen molar-refractivity contribution >= 4 is 10.0 Å². The SMILES string of the molecule is COc1cc(S(=O)(=O)NCCCN(C)C)c(OC)cc1C. The molecule has 21 heavy (non-hydrogen) atoms. The Kier molecular flexibility index (Phi) is 6.44. The van der Waals surface area contributed by atoms with Gasteiger partial charge in [-0.15, -0.1) is 0 Å². The molecular formula is C14H24N2O4S. The first kappa shape index (κ1) is 17.7. The van der Waals surface area contributed by atoms with Crippen molar-refractivity contribution in [2.75, 3.05) is 41.4 Å². The number of nitrogens with one attached hydrogen (secondary N) is 1. The van der Waals surface area contributed by atoms with Crippen LogP contribution in [0.2, 0.25) is 0 Å². The van der Waals surface area contributed by atoms with Gasteiger partial charge in [0.15, 0.2) is 0 Å². The highest BCUT2D eigenvalue weighted by atomic mass is 32.2. The first-order valence-corrected chi connectivity index (χ1v) is 8.17. The summed E-state index contributed by atoms with van der Waals surface area (Å²) in [6, 6.07) is 3.15. The highest BCUT2D eigenvalue weighted by Crippen LogP contribution is 2.31. The van der Waals surface area contributed by atoms with Crippen LogP contribution in [0.3, 0.4) is 0 Å². The van der Waals surface area contributed by atoms with E-state index >= 15 is 0 Å². The van der Waals surface area contributed by atoms with Gasteiger partial charge in [0.2, 0.25) is 10.0 Å². The predicted octanol–water partition coefficient (Wildman–Crippen LogP) is 1.24. The van der Waals surface area contributed by atoms with E-state index in [-0.39, 0.29) is 4.90 Å². The van der Waals surface area contributed by atoms with Crippen LogP contribution in [0.5, 0.6) is 11.5 Å². The average Bonchev–Trinajstić information content (AvgIpc) is 2.42. The molecule has 120 valence electrons. The predicted molar refractivity (Wildman–Crippen MR) is 82.6 cm³/mol. The summed E-state index contributed by atoms with van der Waals surface area (Å²) in [5.41, 5.74) is 0.820. The summed E-state index contributed by atoms with van der Waals surface area (Å²) >= 11 is 0. The lowest BCUT2D eigenvalue weighted by molar-refractivity contribution is 0.389. The number of nitrogens with zero attached hydrogens (tertiary/aromatic N) is 1. The summed E-state index contributed by atoms with van der Waals surface area (Å²) < 4.78 is 37.7. The lowest BCUT2D eigenvalue weighted by Crippen LogP contribution is -2.27. The molecule has 0 amide bonds. The van der Waals surface area contributed by atoms with E-state index in [4.69, 9.17) is 9.47 Å². The molecule has 0 aromatic heterocycles. The maximum absolute atomic E-state index is 12.4. The molecule has 0 aliphatic rings. The summed E-state index contributed by atoms with van der Waals surface area (Å²) in [5.74, 6) is 0.831. The second-order valence-electron chi connectivity index (χ2n) is 5.03. The third-order valence-electron chi connectivity index (χ3n) is 3.04. The van der Waals surface area contributed by atoms with Gasteiger partial charge < -0.3 is 14.4 Å². The second-order valence-corrected chi connectivity index (χ2v) is 6.76. The highest BCUT2D eigenvalue weighted by molar-refractivity contribution is 7.89. The van der Waals surface area contributed by atoms with Crippen LogP contribution in [0.25, 0.3) is 0 Å². The molecule has 0 atom stereocenters. The second kappa shape index (κ2) is 7.63. The maximum atomic E-state index is 12.4. The van der Waals surface area contributed by atoms with Gasteiger partial charge in [0.25, 0.3) is 0 Å². The summed E-state index contributed by atoms with van der Waals surface area (Å²) in [7, 11) is 3.23. The molecule has 0 saturated heterocycles. The number of hydrogen-bond donors (Lipinski definition) is 1. The number of ether oxygens (including phenoxy) is 2. The van der Waals surface area contributed by atoms with Crippen LogP contribution < -0.4 is 14.2 Å². The Balaban J connectivity index is 2.96. The quantitative estimate of drug-likeness (QED) is 0.731. The van der Waals surface area contributed by atoms with Gasteiger partial charge in [0, 0.05) is 12.6 Å². The largest absolute Gasteiger partial charge is 0.496 e. The molecule has 0 unspecified atom stereocenters. The molecule has 0 aliphatic carbocycles. The van der Waals surface area contributed by atoms with Gasteiger partial charge in [0.1, 0.15) is 16.4 Å². The van der Waals surface area contributed by atoms with Crippen molar-refractivity contribution in [3.63, 3.8) is 0 Å². The Morgan fingerprint density at radius 1 is 1.14 bits per heavy atom. The van der Waals surface area contributed by atoms with Crippen LogP contribution in [0.1, 0.15) is 12.0 Å². The number of aryl methyl sites for hydroxylation is 1. The van der Waals surface area contributed by atoms with Crippen molar-refractivity contribution in [2.24, 2.45) is 0 Å². The van der Waals surface area contributed by atoms with Gasteiger partial charge in [-0.25, -0.2) is 13.1 Å². The van der Waals surface area contributed by atoms with E-state index in [1.165, 1.54) is 20.3 Å². The van der Waals surface area contributed by atoms with Crippen molar-refractivity contribution in [3.8, 4) is 11.5 Å². The zero-order valence-electron chi connectivity index (χ0n) is 13.3. The van der Waals surface area contributed by atoms with Gasteiger partial charge in [-0.2, -0.15) is 0 Å². The fourth-order valence-electron chi connectivity index (χ4n) is 1.91. The zero-order valence-corrected chi connectivity index (χ0v) is 14.1. The minimum atomic E-state index is -3.62. The zero-order chi connectivity index (χ0) is 16.0. The highest BCUT2D eigenvalue weighted by Gasteiger charge is 2.21. The van der Waals surface area contributed by atoms with E-state index in [9.17, 15) is 8.42 Å². The van der Waals surface area contributed by atoms with E-state index in [0.717, 1.165) is 18.5 Å². The number of sulfonamides is 1. The molecule has 6 nitrogen and oxygen atoms in total. The normalized spacial score (nSPS) is 11.7. The van der Waals surface area contributed by atoms with E-state index in [1.54, 1.807) is 6.07 Å². The molecule has 0 saturated carbocycles. The standard InChI is InChI=1S/C14H24N2O4S/c1-11-9-13(20-5)14(10-12(11)19-4)21(17,18)15-7-6-8-16(2)3/h9-10,15H,6-8H2,1-5H3. The van der Waals surface area contributed by atoms with Gasteiger partial charge in [0.05, 0.1) is 14.2 Å². The van der Waals surface area contributed by atoms with Crippen molar-refractivity contribution < 1.29 is 17.9 Å². The number of hydrogen-bond acceptors (Lipinski definition) is 5. The van der Waals surface area contributed by atoms with Crippen LogP contribution in [-0.2, 0) is 10.0 Å². The average molecular weight is 316 g/mol. The smallest absolute Gasteiger partial charge is 0.244 e. The third-order valence-corrected chi connectivity index (χ3v) is 4.53. The molecule has 0 fully saturated rings. The molecular weight excluding hydrogens is 292 g/mol. The summed E-state index contributed by atoms with van der Waals surface area (Å²) in [6.07, 6.45) is 0.734. The molecule has 0 radical (unpaired) electrons. The monoisotopic (exact) mass is 316 g/mol. The summed E-state index contributed by atoms with van der Waals surface area (Å²) in [4.78, 5) is 2.10. The van der Waals surface area contributed by atoms with Gasteiger partial charge in [-0.1, -0.05) is 0 Å². The molecule has 7 heteroatoms.